The monoisotopic (exact) mass is 390 g/mol. The van der Waals surface area contributed by atoms with Crippen molar-refractivity contribution in [2.45, 2.75) is 18.7 Å². The summed E-state index contributed by atoms with van der Waals surface area (Å²) >= 11 is 0. The quantitative estimate of drug-likeness (QED) is 0.621. The molecule has 3 aromatic rings. The van der Waals surface area contributed by atoms with Gasteiger partial charge in [-0.3, -0.25) is 0 Å². The number of furan rings is 1. The lowest BCUT2D eigenvalue weighted by molar-refractivity contribution is -0.137. The van der Waals surface area contributed by atoms with Crippen LogP contribution in [0.4, 0.5) is 13.2 Å². The number of hydrogen-bond acceptors (Lipinski definition) is 6. The van der Waals surface area contributed by atoms with E-state index in [2.05, 4.69) is 9.97 Å². The number of rotatable bonds is 4. The van der Waals surface area contributed by atoms with E-state index in [0.29, 0.717) is 17.0 Å². The van der Waals surface area contributed by atoms with Crippen molar-refractivity contribution in [2.24, 2.45) is 0 Å². The Morgan fingerprint density at radius 3 is 2.50 bits per heavy atom. The van der Waals surface area contributed by atoms with Gasteiger partial charge in [0, 0.05) is 6.42 Å². The number of aromatic nitrogens is 2. The number of alkyl halides is 3. The van der Waals surface area contributed by atoms with Crippen molar-refractivity contribution in [1.29, 1.82) is 0 Å². The smallest absolute Gasteiger partial charge is 0.416 e. The van der Waals surface area contributed by atoms with Crippen LogP contribution >= 0.6 is 0 Å². The number of hydrogen-bond donors (Lipinski definition) is 0. The van der Waals surface area contributed by atoms with E-state index in [1.165, 1.54) is 25.5 Å². The van der Waals surface area contributed by atoms with E-state index in [1.807, 2.05) is 0 Å². The van der Waals surface area contributed by atoms with Crippen LogP contribution in [0.1, 0.15) is 33.3 Å². The van der Waals surface area contributed by atoms with E-state index in [4.69, 9.17) is 13.9 Å². The topological polar surface area (TPSA) is 74.5 Å². The summed E-state index contributed by atoms with van der Waals surface area (Å²) in [6.07, 6.45) is -3.58. The van der Waals surface area contributed by atoms with Gasteiger partial charge in [-0.2, -0.15) is 23.1 Å². The lowest BCUT2D eigenvalue weighted by Gasteiger charge is -2.12. The minimum atomic E-state index is -4.41. The summed E-state index contributed by atoms with van der Waals surface area (Å²) in [6, 6.07) is 7.99. The minimum Gasteiger partial charge on any atom is -0.467 e. The van der Waals surface area contributed by atoms with Crippen molar-refractivity contribution in [1.82, 2.24) is 9.97 Å². The maximum atomic E-state index is 12.7. The summed E-state index contributed by atoms with van der Waals surface area (Å²) in [5.74, 6) is -0.273. The molecule has 1 aliphatic rings. The average molecular weight is 390 g/mol. The first-order valence-corrected chi connectivity index (χ1v) is 8.23. The molecule has 28 heavy (non-hydrogen) atoms. The van der Waals surface area contributed by atoms with Gasteiger partial charge in [0.2, 0.25) is 0 Å². The number of fused-ring (bicyclic) bond motifs is 1. The number of carbonyl (C=O) groups excluding carboxylic acids is 1. The molecule has 6 nitrogen and oxygen atoms in total. The van der Waals surface area contributed by atoms with Gasteiger partial charge in [-0.15, -0.1) is 0 Å². The standard InChI is InChI=1S/C19H13F3N2O4/c1-26-18-23-15(12-3-2-8-27-12)14-16(24-18)13(28-17(14)25)9-10-4-6-11(7-5-10)19(20,21)22/h2-8,13H,9H2,1H3. The number of nitrogens with zero attached hydrogens (tertiary/aromatic N) is 2. The molecule has 0 spiro atoms. The fourth-order valence-electron chi connectivity index (χ4n) is 3.00. The molecule has 0 amide bonds. The van der Waals surface area contributed by atoms with Crippen molar-refractivity contribution >= 4 is 5.97 Å². The van der Waals surface area contributed by atoms with Gasteiger partial charge in [-0.1, -0.05) is 12.1 Å². The number of cyclic esters (lactones) is 1. The molecule has 0 aliphatic carbocycles. The first-order valence-electron chi connectivity index (χ1n) is 8.23. The molecule has 144 valence electrons. The van der Waals surface area contributed by atoms with Crippen LogP contribution in [0.2, 0.25) is 0 Å². The second-order valence-corrected chi connectivity index (χ2v) is 6.09. The Morgan fingerprint density at radius 2 is 1.89 bits per heavy atom. The lowest BCUT2D eigenvalue weighted by atomic mass is 10.0. The largest absolute Gasteiger partial charge is 0.467 e. The molecule has 0 saturated heterocycles. The summed E-state index contributed by atoms with van der Waals surface area (Å²) in [4.78, 5) is 20.8. The third kappa shape index (κ3) is 3.19. The first-order chi connectivity index (χ1) is 13.4. The van der Waals surface area contributed by atoms with Crippen molar-refractivity contribution in [3.05, 3.63) is 65.0 Å². The highest BCUT2D eigenvalue weighted by molar-refractivity contribution is 5.99. The van der Waals surface area contributed by atoms with Gasteiger partial charge >= 0.3 is 18.2 Å². The van der Waals surface area contributed by atoms with E-state index in [-0.39, 0.29) is 23.7 Å². The van der Waals surface area contributed by atoms with Crippen LogP contribution < -0.4 is 4.74 Å². The third-order valence-electron chi connectivity index (χ3n) is 4.31. The molecule has 3 heterocycles. The Kier molecular flexibility index (Phi) is 4.29. The molecule has 0 saturated carbocycles. The van der Waals surface area contributed by atoms with Crippen LogP contribution in [-0.4, -0.2) is 23.0 Å². The van der Waals surface area contributed by atoms with Gasteiger partial charge < -0.3 is 13.9 Å². The minimum absolute atomic E-state index is 0.0286. The summed E-state index contributed by atoms with van der Waals surface area (Å²) in [5.41, 5.74) is 0.530. The predicted octanol–water partition coefficient (Wildman–Crippen LogP) is 4.22. The summed E-state index contributed by atoms with van der Waals surface area (Å²) < 4.78 is 54.0. The van der Waals surface area contributed by atoms with Crippen LogP contribution in [-0.2, 0) is 17.3 Å². The molecule has 9 heteroatoms. The fourth-order valence-corrected chi connectivity index (χ4v) is 3.00. The number of benzene rings is 1. The molecule has 0 radical (unpaired) electrons. The molecule has 1 unspecified atom stereocenters. The maximum absolute atomic E-state index is 12.7. The number of ether oxygens (including phenoxy) is 2. The number of esters is 1. The summed E-state index contributed by atoms with van der Waals surface area (Å²) in [6.45, 7) is 0. The molecule has 0 bridgehead atoms. The SMILES string of the molecule is COc1nc(-c2ccco2)c2c(n1)C(Cc1ccc(C(F)(F)F)cc1)OC2=O. The van der Waals surface area contributed by atoms with Crippen molar-refractivity contribution in [2.75, 3.05) is 7.11 Å². The Morgan fingerprint density at radius 1 is 1.14 bits per heavy atom. The molecule has 4 rings (SSSR count). The molecule has 1 aliphatic heterocycles. The van der Waals surface area contributed by atoms with E-state index in [0.717, 1.165) is 12.1 Å². The summed E-state index contributed by atoms with van der Waals surface area (Å²) in [7, 11) is 1.39. The predicted molar refractivity (Wildman–Crippen MR) is 89.6 cm³/mol. The third-order valence-corrected chi connectivity index (χ3v) is 4.31. The van der Waals surface area contributed by atoms with Gasteiger partial charge in [-0.25, -0.2) is 4.79 Å². The number of halogens is 3. The first kappa shape index (κ1) is 18.0. The number of methoxy groups -OCH3 is 1. The van der Waals surface area contributed by atoms with Crippen LogP contribution in [0.15, 0.2) is 47.1 Å². The Labute approximate surface area is 156 Å². The van der Waals surface area contributed by atoms with E-state index in [1.54, 1.807) is 12.1 Å². The van der Waals surface area contributed by atoms with Crippen LogP contribution in [0.25, 0.3) is 11.5 Å². The summed E-state index contributed by atoms with van der Waals surface area (Å²) in [5, 5.41) is 0. The number of carbonyl (C=O) groups is 1. The van der Waals surface area contributed by atoms with Crippen LogP contribution in [0, 0.1) is 0 Å². The van der Waals surface area contributed by atoms with Crippen molar-refractivity contribution in [3.8, 4) is 17.5 Å². The Hall–Kier alpha value is -3.36. The van der Waals surface area contributed by atoms with Crippen LogP contribution in [0.3, 0.4) is 0 Å². The van der Waals surface area contributed by atoms with E-state index in [9.17, 15) is 18.0 Å². The maximum Gasteiger partial charge on any atom is 0.416 e. The zero-order chi connectivity index (χ0) is 19.9. The molecule has 0 fully saturated rings. The Bertz CT molecular complexity index is 1010. The second kappa shape index (κ2) is 6.66. The van der Waals surface area contributed by atoms with E-state index < -0.39 is 23.8 Å². The highest BCUT2D eigenvalue weighted by Crippen LogP contribution is 2.38. The van der Waals surface area contributed by atoms with Crippen LogP contribution in [0.5, 0.6) is 6.01 Å². The van der Waals surface area contributed by atoms with Gasteiger partial charge in [0.25, 0.3) is 0 Å². The van der Waals surface area contributed by atoms with Crippen molar-refractivity contribution in [3.63, 3.8) is 0 Å². The zero-order valence-electron chi connectivity index (χ0n) is 14.5. The van der Waals surface area contributed by atoms with Gasteiger partial charge in [-0.05, 0) is 29.8 Å². The van der Waals surface area contributed by atoms with Gasteiger partial charge in [0.1, 0.15) is 23.1 Å². The van der Waals surface area contributed by atoms with Gasteiger partial charge in [0.15, 0.2) is 5.76 Å². The Balaban J connectivity index is 1.70. The molecular weight excluding hydrogens is 377 g/mol. The molecule has 1 atom stereocenters. The lowest BCUT2D eigenvalue weighted by Crippen LogP contribution is -2.07. The zero-order valence-corrected chi connectivity index (χ0v) is 14.5. The molecule has 2 aromatic heterocycles. The molecule has 1 aromatic carbocycles. The second-order valence-electron chi connectivity index (χ2n) is 6.09. The van der Waals surface area contributed by atoms with E-state index >= 15 is 0 Å². The molecular formula is C19H13F3N2O4. The fraction of sp³-hybridized carbons (Fsp3) is 0.211. The van der Waals surface area contributed by atoms with Gasteiger partial charge in [0.05, 0.1) is 18.9 Å². The normalized spacial score (nSPS) is 16.0. The molecule has 0 N–H and O–H groups in total. The highest BCUT2D eigenvalue weighted by atomic mass is 19.4. The highest BCUT2D eigenvalue weighted by Gasteiger charge is 2.38. The average Bonchev–Trinajstić information content (AvgIpc) is 3.30. The van der Waals surface area contributed by atoms with Crippen molar-refractivity contribution < 1.29 is 31.9 Å².